The predicted octanol–water partition coefficient (Wildman–Crippen LogP) is 6.03. The third-order valence-corrected chi connectivity index (χ3v) is 18.4. The summed E-state index contributed by atoms with van der Waals surface area (Å²) in [5, 5.41) is 11.2. The van der Waals surface area contributed by atoms with Gasteiger partial charge in [-0.05, 0) is 126 Å². The fourth-order valence-corrected chi connectivity index (χ4v) is 15.1. The lowest BCUT2D eigenvalue weighted by Crippen LogP contribution is -2.68. The Labute approximate surface area is 352 Å². The van der Waals surface area contributed by atoms with Gasteiger partial charge >= 0.3 is 18.1 Å². The van der Waals surface area contributed by atoms with Crippen molar-refractivity contribution >= 4 is 39.7 Å². The molecule has 0 unspecified atom stereocenters. The van der Waals surface area contributed by atoms with Crippen molar-refractivity contribution in [3.8, 4) is 0 Å². The molecule has 0 spiro atoms. The number of methoxy groups -OCH3 is 1. The summed E-state index contributed by atoms with van der Waals surface area (Å²) in [7, 11) is -1.51. The number of alkyl halides is 3. The first kappa shape index (κ1) is 46.0. The first-order chi connectivity index (χ1) is 28.0. The summed E-state index contributed by atoms with van der Waals surface area (Å²) >= 11 is 0. The van der Waals surface area contributed by atoms with Crippen molar-refractivity contribution in [2.75, 3.05) is 44.8 Å². The van der Waals surface area contributed by atoms with Gasteiger partial charge in [-0.1, -0.05) is 52.8 Å². The number of ether oxygens (including phenoxy) is 1. The first-order valence-electron chi connectivity index (χ1n) is 21.4. The molecule has 12 nitrogen and oxygen atoms in total. The number of halogens is 3. The van der Waals surface area contributed by atoms with Crippen LogP contribution < -0.4 is 16.2 Å². The number of carbonyl (C=O) groups is 4. The van der Waals surface area contributed by atoms with Gasteiger partial charge in [-0.25, -0.2) is 18.0 Å². The number of esters is 1. The number of carbonyl (C=O) groups excluding carboxylic acids is 3. The van der Waals surface area contributed by atoms with Crippen LogP contribution in [0.2, 0.25) is 0 Å². The Bertz CT molecular complexity index is 1950. The van der Waals surface area contributed by atoms with E-state index in [9.17, 15) is 36.0 Å². The predicted molar refractivity (Wildman–Crippen MR) is 220 cm³/mol. The summed E-state index contributed by atoms with van der Waals surface area (Å²) < 4.78 is 60.8. The molecule has 1 aromatic rings. The van der Waals surface area contributed by atoms with Gasteiger partial charge in [0.2, 0.25) is 12.3 Å². The van der Waals surface area contributed by atoms with Crippen molar-refractivity contribution in [1.29, 1.82) is 0 Å². The summed E-state index contributed by atoms with van der Waals surface area (Å²) in [6.07, 6.45) is 7.41. The lowest BCUT2D eigenvalue weighted by molar-refractivity contribution is -0.220. The second-order valence-electron chi connectivity index (χ2n) is 19.6. The maximum Gasteiger partial charge on any atom is 0.490 e. The van der Waals surface area contributed by atoms with Crippen LogP contribution in [0.5, 0.6) is 0 Å². The van der Waals surface area contributed by atoms with E-state index < -0.39 is 22.0 Å². The topological polar surface area (TPSA) is 171 Å². The van der Waals surface area contributed by atoms with Crippen LogP contribution >= 0.6 is 0 Å². The lowest BCUT2D eigenvalue weighted by Gasteiger charge is -2.72. The van der Waals surface area contributed by atoms with Crippen molar-refractivity contribution in [3.05, 3.63) is 41.5 Å². The van der Waals surface area contributed by atoms with Gasteiger partial charge in [0.25, 0.3) is 0 Å². The van der Waals surface area contributed by atoms with Gasteiger partial charge in [0.1, 0.15) is 0 Å². The zero-order valence-electron chi connectivity index (χ0n) is 35.8. The van der Waals surface area contributed by atoms with E-state index in [1.807, 2.05) is 12.1 Å². The fourth-order valence-electron chi connectivity index (χ4n) is 13.8. The van der Waals surface area contributed by atoms with Crippen LogP contribution in [0.1, 0.15) is 108 Å². The minimum absolute atomic E-state index is 0.0384. The van der Waals surface area contributed by atoms with E-state index in [0.717, 1.165) is 70.9 Å². The molecule has 16 heteroatoms. The second kappa shape index (κ2) is 16.7. The van der Waals surface area contributed by atoms with Gasteiger partial charge in [0.15, 0.2) is 9.84 Å². The van der Waals surface area contributed by atoms with Crippen LogP contribution in [0.15, 0.2) is 30.3 Å². The SMILES string of the molecule is COC(=O)c1ccc(C2=CC[C@]3(C)[C@H]4CC[C@@H]5[C@H]6[C@H](C(=O)NNC=O)CC[C@]6(NCCN6CCS(=O)(=O)CC6)CC[C@@]5(C)[C@]4(C)CC[C@H]3C2(C)C)cc1.O=C(O)C(F)(F)F. The standard InChI is InChI=1S/C42H62N4O6S.C2HF3O2/c1-38(2)31(28-7-9-29(10-8-28)37(49)52-6)14-16-39(3)33(38)15-17-41(5)34(39)12-11-32-35-30(36(48)45-44-27-47)13-18-42(35,20-19-40(32,41)4)43-21-22-46-23-25-53(50,51)26-24-46;3-2(4,5)1(6)7/h7-10,14,27,30,32-35,43H,11-13,15-26H2,1-6H3,(H,44,47)(H,45,48);(H,6,7)/t30-,32-,33+,34-,35-,39+,40-,41-,42+;/m1./s1. The van der Waals surface area contributed by atoms with Gasteiger partial charge in [-0.2, -0.15) is 13.2 Å². The smallest absolute Gasteiger partial charge is 0.475 e. The molecule has 6 aliphatic rings. The highest BCUT2D eigenvalue weighted by Gasteiger charge is 2.71. The quantitative estimate of drug-likeness (QED) is 0.131. The number of hydrogen-bond donors (Lipinski definition) is 4. The molecular formula is C44H63F3N4O8S. The number of amides is 2. The van der Waals surface area contributed by atoms with Crippen LogP contribution in [0.4, 0.5) is 13.2 Å². The number of benzene rings is 1. The van der Waals surface area contributed by atoms with Crippen molar-refractivity contribution < 1.29 is 50.6 Å². The zero-order chi connectivity index (χ0) is 44.1. The fraction of sp³-hybridized carbons (Fsp3) is 0.727. The number of hydrogen-bond acceptors (Lipinski definition) is 9. The second-order valence-corrected chi connectivity index (χ2v) is 21.9. The van der Waals surface area contributed by atoms with Crippen molar-refractivity contribution in [3.63, 3.8) is 0 Å². The molecule has 1 aromatic carbocycles. The number of carboxylic acids is 1. The number of sulfone groups is 1. The van der Waals surface area contributed by atoms with Crippen LogP contribution in [0, 0.1) is 51.2 Å². The summed E-state index contributed by atoms with van der Waals surface area (Å²) in [6.45, 7) is 15.4. The molecule has 334 valence electrons. The van der Waals surface area contributed by atoms with E-state index in [0.29, 0.717) is 42.8 Å². The Morgan fingerprint density at radius 2 is 1.57 bits per heavy atom. The van der Waals surface area contributed by atoms with Crippen LogP contribution in [0.3, 0.4) is 0 Å². The maximum atomic E-state index is 13.8. The van der Waals surface area contributed by atoms with Gasteiger partial charge in [0, 0.05) is 37.6 Å². The molecule has 7 rings (SSSR count). The van der Waals surface area contributed by atoms with Crippen molar-refractivity contribution in [1.82, 2.24) is 21.1 Å². The highest BCUT2D eigenvalue weighted by molar-refractivity contribution is 7.91. The summed E-state index contributed by atoms with van der Waals surface area (Å²) in [4.78, 5) is 48.3. The summed E-state index contributed by atoms with van der Waals surface area (Å²) in [6, 6.07) is 7.94. The van der Waals surface area contributed by atoms with Crippen molar-refractivity contribution in [2.24, 2.45) is 51.2 Å². The van der Waals surface area contributed by atoms with Gasteiger partial charge in [-0.15, -0.1) is 0 Å². The molecule has 1 heterocycles. The number of nitrogens with one attached hydrogen (secondary N) is 3. The molecule has 1 saturated heterocycles. The number of rotatable bonds is 9. The highest BCUT2D eigenvalue weighted by Crippen LogP contribution is 2.76. The number of nitrogens with zero attached hydrogens (tertiary/aromatic N) is 1. The Morgan fingerprint density at radius 3 is 2.17 bits per heavy atom. The number of allylic oxidation sites excluding steroid dienone is 2. The molecule has 60 heavy (non-hydrogen) atoms. The average molecular weight is 865 g/mol. The Hall–Kier alpha value is -3.50. The molecule has 4 N–H and O–H groups in total. The molecule has 4 saturated carbocycles. The lowest BCUT2D eigenvalue weighted by atomic mass is 9.33. The van der Waals surface area contributed by atoms with E-state index in [1.165, 1.54) is 18.2 Å². The monoisotopic (exact) mass is 864 g/mol. The van der Waals surface area contributed by atoms with Gasteiger partial charge < -0.3 is 20.1 Å². The summed E-state index contributed by atoms with van der Waals surface area (Å²) in [5.41, 5.74) is 8.40. The van der Waals surface area contributed by atoms with E-state index in [4.69, 9.17) is 14.6 Å². The maximum absolute atomic E-state index is 13.8. The van der Waals surface area contributed by atoms with Gasteiger partial charge in [0.05, 0.1) is 24.2 Å². The molecular weight excluding hydrogens is 802 g/mol. The Balaban J connectivity index is 0.000000793. The number of fused-ring (bicyclic) bond motifs is 7. The minimum Gasteiger partial charge on any atom is -0.475 e. The largest absolute Gasteiger partial charge is 0.490 e. The average Bonchev–Trinajstić information content (AvgIpc) is 3.57. The number of carboxylic acid groups (broad SMARTS) is 1. The Kier molecular flexibility index (Phi) is 12.8. The highest BCUT2D eigenvalue weighted by atomic mass is 32.2. The molecule has 5 fully saturated rings. The normalized spacial score (nSPS) is 36.6. The first-order valence-corrected chi connectivity index (χ1v) is 23.2. The Morgan fingerprint density at radius 1 is 0.917 bits per heavy atom. The van der Waals surface area contributed by atoms with Crippen LogP contribution in [-0.2, 0) is 29.0 Å². The van der Waals surface area contributed by atoms with Gasteiger partial charge in [-0.3, -0.25) is 20.4 Å². The molecule has 2 amide bonds. The molecule has 9 atom stereocenters. The van der Waals surface area contributed by atoms with E-state index in [1.54, 1.807) is 0 Å². The van der Waals surface area contributed by atoms with Crippen LogP contribution in [-0.4, -0.2) is 99.2 Å². The molecule has 1 aliphatic heterocycles. The molecule has 0 bridgehead atoms. The van der Waals surface area contributed by atoms with E-state index in [-0.39, 0.29) is 62.4 Å². The number of aliphatic carboxylic acids is 1. The van der Waals surface area contributed by atoms with Crippen molar-refractivity contribution in [2.45, 2.75) is 104 Å². The zero-order valence-corrected chi connectivity index (χ0v) is 36.6. The number of hydrazine groups is 1. The summed E-state index contributed by atoms with van der Waals surface area (Å²) in [5.74, 6) is -1.29. The van der Waals surface area contributed by atoms with E-state index in [2.05, 4.69) is 73.9 Å². The van der Waals surface area contributed by atoms with Crippen LogP contribution in [0.25, 0.3) is 5.57 Å². The van der Waals surface area contributed by atoms with E-state index >= 15 is 0 Å². The minimum atomic E-state index is -5.08. The molecule has 0 aromatic heterocycles. The molecule has 5 aliphatic carbocycles. The third-order valence-electron chi connectivity index (χ3n) is 16.8. The third kappa shape index (κ3) is 8.13. The molecule has 0 radical (unpaired) electrons.